The van der Waals surface area contributed by atoms with Gasteiger partial charge in [-0.25, -0.2) is 0 Å². The molecule has 28 heavy (non-hydrogen) atoms. The molecule has 0 saturated heterocycles. The van der Waals surface area contributed by atoms with Gasteiger partial charge in [-0.15, -0.1) is 0 Å². The first-order chi connectivity index (χ1) is 13.4. The average Bonchev–Trinajstić information content (AvgIpc) is 3.19. The molecule has 0 bridgehead atoms. The third-order valence-corrected chi connectivity index (χ3v) is 9.50. The number of hydrogen-bond acceptors (Lipinski definition) is 0. The molecule has 4 heteroatoms. The number of halogens is 2. The van der Waals surface area contributed by atoms with E-state index in [-0.39, 0.29) is 0 Å². The van der Waals surface area contributed by atoms with Gasteiger partial charge >= 0.3 is 37.9 Å². The summed E-state index contributed by atoms with van der Waals surface area (Å²) >= 11 is -0.826. The van der Waals surface area contributed by atoms with Crippen LogP contribution in [0.3, 0.4) is 0 Å². The van der Waals surface area contributed by atoms with E-state index in [0.29, 0.717) is 11.8 Å². The third-order valence-electron chi connectivity index (χ3n) is 5.94. The van der Waals surface area contributed by atoms with Gasteiger partial charge in [0.05, 0.1) is 8.07 Å². The fraction of sp³-hybridized carbons (Fsp3) is 0.250. The Balaban J connectivity index is 0.000000706. The number of hydrogen-bond donors (Lipinski definition) is 0. The molecule has 10 radical (unpaired) electrons. The molecule has 0 aromatic rings. The summed E-state index contributed by atoms with van der Waals surface area (Å²) in [6.07, 6.45) is 27.5. The van der Waals surface area contributed by atoms with Crippen molar-refractivity contribution in [3.63, 3.8) is 0 Å². The summed E-state index contributed by atoms with van der Waals surface area (Å²) in [6, 6.07) is 0. The van der Waals surface area contributed by atoms with Gasteiger partial charge in [0.25, 0.3) is 0 Å². The van der Waals surface area contributed by atoms with E-state index in [2.05, 4.69) is 101 Å². The second-order valence-corrected chi connectivity index (χ2v) is 16.1. The summed E-state index contributed by atoms with van der Waals surface area (Å²) in [5.41, 5.74) is 3.14. The van der Waals surface area contributed by atoms with Crippen LogP contribution in [0.25, 0.3) is 0 Å². The van der Waals surface area contributed by atoms with Crippen LogP contribution in [0.1, 0.15) is 13.8 Å². The Morgan fingerprint density at radius 2 is 1.11 bits per heavy atom. The van der Waals surface area contributed by atoms with Gasteiger partial charge in [0.2, 0.25) is 0 Å². The Labute approximate surface area is 192 Å². The predicted molar refractivity (Wildman–Crippen MR) is 121 cm³/mol. The quantitative estimate of drug-likeness (QED) is 0.357. The topological polar surface area (TPSA) is 0 Å². The van der Waals surface area contributed by atoms with Crippen molar-refractivity contribution >= 4 is 25.1 Å². The summed E-state index contributed by atoms with van der Waals surface area (Å²) in [7, 11) is 8.10. The summed E-state index contributed by atoms with van der Waals surface area (Å²) in [5.74, 6) is 6.86. The molecule has 0 aromatic carbocycles. The van der Waals surface area contributed by atoms with Crippen LogP contribution >= 0.6 is 17.0 Å². The van der Waals surface area contributed by atoms with Gasteiger partial charge in [0, 0.05) is 11.8 Å². The van der Waals surface area contributed by atoms with Gasteiger partial charge in [0.1, 0.15) is 0 Å². The third kappa shape index (κ3) is 4.76. The van der Waals surface area contributed by atoms with E-state index in [1.54, 1.807) is 11.1 Å². The van der Waals surface area contributed by atoms with Gasteiger partial charge in [-0.05, 0) is 60.4 Å². The molecule has 2 saturated carbocycles. The van der Waals surface area contributed by atoms with E-state index >= 15 is 0 Å². The molecular formula is C24H26Cl2SiZr+2. The van der Waals surface area contributed by atoms with E-state index in [0.717, 1.165) is 0 Å². The molecule has 0 N–H and O–H groups in total. The summed E-state index contributed by atoms with van der Waals surface area (Å²) in [4.78, 5) is 0. The van der Waals surface area contributed by atoms with Crippen LogP contribution in [0.15, 0.2) is 48.6 Å². The monoisotopic (exact) mass is 502 g/mol. The Bertz CT molecular complexity index is 587. The Hall–Kier alpha value is 0.640. The van der Waals surface area contributed by atoms with Crippen LogP contribution in [0, 0.1) is 72.3 Å². The molecule has 0 amide bonds. The first-order valence-corrected chi connectivity index (χ1v) is 19.0. The molecule has 4 aliphatic rings. The number of rotatable bonds is 2. The standard InChI is InChI=1S/C24H26Si.2ClH.Zr/c1-17-9-5-7-11-21-19(17)13-15-23(21)25(3,4)24-16-14-20-18(2)10-6-8-12-22(20)24;;;/h5-18H,1-4H3;2*1H;/q;;;+4/p-2. The predicted octanol–water partition coefficient (Wildman–Crippen LogP) is 6.97. The molecule has 2 unspecified atom stereocenters. The van der Waals surface area contributed by atoms with Gasteiger partial charge in [-0.1, -0.05) is 75.5 Å². The van der Waals surface area contributed by atoms with Crippen LogP contribution in [-0.2, 0) is 20.8 Å². The van der Waals surface area contributed by atoms with E-state index < -0.39 is 28.9 Å². The van der Waals surface area contributed by atoms with Gasteiger partial charge in [-0.3, -0.25) is 0 Å². The zero-order chi connectivity index (χ0) is 20.3. The van der Waals surface area contributed by atoms with Gasteiger partial charge < -0.3 is 0 Å². The normalized spacial score (nSPS) is 29.8. The first kappa shape index (κ1) is 23.3. The molecule has 142 valence electrons. The van der Waals surface area contributed by atoms with Gasteiger partial charge in [-0.2, -0.15) is 0 Å². The molecule has 0 heterocycles. The maximum atomic E-state index is 4.93. The molecular weight excluding hydrogens is 478 g/mol. The van der Waals surface area contributed by atoms with Crippen molar-refractivity contribution in [2.75, 3.05) is 0 Å². The average molecular weight is 505 g/mol. The number of fused-ring (bicyclic) bond motifs is 2. The SMILES string of the molecule is CC1C=CC=C[C]2[C]1[CH][CH][C]2[Si](C)(C)[C]1[CH][CH][C]2[C]1C=CC=CC2C.[Cl][Zr+2][Cl]. The second kappa shape index (κ2) is 10.3. The fourth-order valence-corrected chi connectivity index (χ4v) is 7.48. The van der Waals surface area contributed by atoms with Crippen LogP contribution in [0.4, 0.5) is 0 Å². The minimum atomic E-state index is -1.77. The van der Waals surface area contributed by atoms with E-state index in [1.165, 1.54) is 23.7 Å². The molecule has 0 aliphatic heterocycles. The molecule has 0 spiro atoms. The number of allylic oxidation sites excluding steroid dienone is 8. The van der Waals surface area contributed by atoms with E-state index in [9.17, 15) is 0 Å². The van der Waals surface area contributed by atoms with Crippen molar-refractivity contribution in [2.24, 2.45) is 11.8 Å². The molecule has 4 rings (SSSR count). The Morgan fingerprint density at radius 1 is 0.714 bits per heavy atom. The van der Waals surface area contributed by atoms with Crippen molar-refractivity contribution in [1.29, 1.82) is 0 Å². The van der Waals surface area contributed by atoms with Crippen molar-refractivity contribution < 1.29 is 20.8 Å². The summed E-state index contributed by atoms with van der Waals surface area (Å²) in [5, 5.41) is 0. The zero-order valence-corrected chi connectivity index (χ0v) is 21.8. The molecule has 2 atom stereocenters. The minimum absolute atomic E-state index is 0.490. The van der Waals surface area contributed by atoms with Crippen molar-refractivity contribution in [3.05, 3.63) is 109 Å². The van der Waals surface area contributed by atoms with Crippen LogP contribution in [0.2, 0.25) is 13.1 Å². The van der Waals surface area contributed by atoms with E-state index in [1.807, 2.05) is 0 Å². The van der Waals surface area contributed by atoms with Crippen molar-refractivity contribution in [3.8, 4) is 0 Å². The van der Waals surface area contributed by atoms with Crippen molar-refractivity contribution in [2.45, 2.75) is 26.9 Å². The zero-order valence-electron chi connectivity index (χ0n) is 16.8. The first-order valence-electron chi connectivity index (χ1n) is 9.68. The molecule has 0 nitrogen and oxygen atoms in total. The maximum absolute atomic E-state index is 4.93. The summed E-state index contributed by atoms with van der Waals surface area (Å²) < 4.78 is 0. The van der Waals surface area contributed by atoms with Crippen LogP contribution in [-0.4, -0.2) is 8.07 Å². The van der Waals surface area contributed by atoms with Crippen molar-refractivity contribution in [1.82, 2.24) is 0 Å². The van der Waals surface area contributed by atoms with Gasteiger partial charge in [0.15, 0.2) is 0 Å². The Kier molecular flexibility index (Phi) is 8.57. The van der Waals surface area contributed by atoms with E-state index in [4.69, 9.17) is 17.0 Å². The molecule has 0 aromatic heterocycles. The second-order valence-electron chi connectivity index (χ2n) is 7.99. The fourth-order valence-electron chi connectivity index (χ4n) is 4.39. The Morgan fingerprint density at radius 3 is 1.50 bits per heavy atom. The molecule has 2 fully saturated rings. The summed E-state index contributed by atoms with van der Waals surface area (Å²) in [6.45, 7) is 9.61. The molecule has 4 aliphatic carbocycles. The van der Waals surface area contributed by atoms with Crippen LogP contribution in [0.5, 0.6) is 0 Å². The van der Waals surface area contributed by atoms with Crippen LogP contribution < -0.4 is 0 Å².